The molecule has 1 aromatic carbocycles. The highest BCUT2D eigenvalue weighted by molar-refractivity contribution is 6.12. The van der Waals surface area contributed by atoms with Crippen molar-refractivity contribution in [2.75, 3.05) is 27.2 Å². The summed E-state index contributed by atoms with van der Waals surface area (Å²) in [5, 5.41) is 0.678. The third-order valence-corrected chi connectivity index (χ3v) is 3.64. The molecule has 0 amide bonds. The third-order valence-electron chi connectivity index (χ3n) is 3.64. The fourth-order valence-electron chi connectivity index (χ4n) is 2.70. The van der Waals surface area contributed by atoms with Crippen molar-refractivity contribution in [3.63, 3.8) is 0 Å². The molecule has 0 radical (unpaired) electrons. The number of furan rings is 1. The van der Waals surface area contributed by atoms with E-state index in [1.807, 2.05) is 14.1 Å². The molecule has 0 N–H and O–H groups in total. The molecule has 0 fully saturated rings. The van der Waals surface area contributed by atoms with E-state index in [9.17, 15) is 9.59 Å². The van der Waals surface area contributed by atoms with Crippen LogP contribution in [-0.4, -0.2) is 43.7 Å². The van der Waals surface area contributed by atoms with Crippen molar-refractivity contribution in [3.05, 3.63) is 29.5 Å². The molecule has 6 heteroatoms. The van der Waals surface area contributed by atoms with Crippen LogP contribution in [-0.2, 0) is 0 Å². The first-order valence-corrected chi connectivity index (χ1v) is 7.64. The van der Waals surface area contributed by atoms with E-state index in [0.717, 1.165) is 6.54 Å². The molecule has 0 aliphatic heterocycles. The molecule has 1 heterocycles. The van der Waals surface area contributed by atoms with Gasteiger partial charge in [0.2, 0.25) is 0 Å². The van der Waals surface area contributed by atoms with E-state index >= 15 is 0 Å². The first kappa shape index (κ1) is 20.2. The molecule has 0 bridgehead atoms. The fraction of sp³-hybridized carbons (Fsp3) is 0.444. The summed E-state index contributed by atoms with van der Waals surface area (Å²) >= 11 is 0. The predicted octanol–water partition coefficient (Wildman–Crippen LogP) is 3.84. The van der Waals surface area contributed by atoms with Gasteiger partial charge < -0.3 is 14.1 Å². The van der Waals surface area contributed by atoms with Gasteiger partial charge in [-0.15, -0.1) is 12.4 Å². The number of hydrogen-bond donors (Lipinski definition) is 0. The number of carbonyl (C=O) groups is 2. The van der Waals surface area contributed by atoms with Gasteiger partial charge in [0.05, 0.1) is 18.4 Å². The van der Waals surface area contributed by atoms with Crippen LogP contribution >= 0.6 is 12.4 Å². The average molecular weight is 354 g/mol. The molecule has 132 valence electrons. The van der Waals surface area contributed by atoms with Gasteiger partial charge in [0, 0.05) is 23.4 Å². The molecular weight excluding hydrogens is 330 g/mol. The lowest BCUT2D eigenvalue weighted by atomic mass is 10.00. The van der Waals surface area contributed by atoms with Gasteiger partial charge in [-0.1, -0.05) is 6.92 Å². The summed E-state index contributed by atoms with van der Waals surface area (Å²) in [7, 11) is 4.01. The van der Waals surface area contributed by atoms with E-state index in [-0.39, 0.29) is 24.0 Å². The Morgan fingerprint density at radius 2 is 1.83 bits per heavy atom. The number of nitrogens with zero attached hydrogens (tertiary/aromatic N) is 1. The fourth-order valence-corrected chi connectivity index (χ4v) is 2.70. The Bertz CT molecular complexity index is 736. The lowest BCUT2D eigenvalue weighted by Gasteiger charge is -2.19. The Hall–Kier alpha value is -1.85. The molecule has 0 aliphatic carbocycles. The van der Waals surface area contributed by atoms with Crippen LogP contribution in [0.15, 0.2) is 22.8 Å². The maximum absolute atomic E-state index is 12.0. The summed E-state index contributed by atoms with van der Waals surface area (Å²) in [6, 6.07) is 3.33. The molecule has 24 heavy (non-hydrogen) atoms. The summed E-state index contributed by atoms with van der Waals surface area (Å²) in [5.41, 5.74) is 1.32. The molecule has 2 rings (SSSR count). The monoisotopic (exact) mass is 353 g/mol. The topological polar surface area (TPSA) is 59.8 Å². The maximum atomic E-state index is 12.0. The molecule has 0 aliphatic rings. The molecular formula is C18H24ClNO4. The van der Waals surface area contributed by atoms with Crippen LogP contribution in [0, 0.1) is 5.92 Å². The van der Waals surface area contributed by atoms with E-state index in [1.54, 1.807) is 12.1 Å². The second-order valence-corrected chi connectivity index (χ2v) is 6.26. The zero-order valence-electron chi connectivity index (χ0n) is 14.7. The Kier molecular flexibility index (Phi) is 6.99. The van der Waals surface area contributed by atoms with Gasteiger partial charge in [-0.05, 0) is 40.1 Å². The number of Topliss-reactive ketones (excluding diaryl/α,β-unsaturated/α-hetero) is 2. The molecule has 0 spiro atoms. The molecule has 0 saturated heterocycles. The number of ketones is 2. The smallest absolute Gasteiger partial charge is 0.177 e. The Labute approximate surface area is 148 Å². The largest absolute Gasteiger partial charge is 0.489 e. The van der Waals surface area contributed by atoms with E-state index in [2.05, 4.69) is 11.8 Å². The van der Waals surface area contributed by atoms with Crippen LogP contribution < -0.4 is 4.74 Å². The van der Waals surface area contributed by atoms with Crippen molar-refractivity contribution in [2.45, 2.75) is 20.8 Å². The van der Waals surface area contributed by atoms with E-state index in [4.69, 9.17) is 9.15 Å². The first-order valence-electron chi connectivity index (χ1n) is 7.64. The number of ether oxygens (including phenoxy) is 1. The van der Waals surface area contributed by atoms with E-state index in [0.29, 0.717) is 40.4 Å². The van der Waals surface area contributed by atoms with E-state index < -0.39 is 0 Å². The number of hydrogen-bond acceptors (Lipinski definition) is 5. The number of rotatable bonds is 7. The van der Waals surface area contributed by atoms with Crippen molar-refractivity contribution in [2.24, 2.45) is 5.92 Å². The van der Waals surface area contributed by atoms with Gasteiger partial charge >= 0.3 is 0 Å². The number of carbonyl (C=O) groups excluding carboxylic acids is 2. The first-order chi connectivity index (χ1) is 10.8. The van der Waals surface area contributed by atoms with Gasteiger partial charge in [-0.2, -0.15) is 0 Å². The molecule has 2 aromatic rings. The van der Waals surface area contributed by atoms with Crippen molar-refractivity contribution < 1.29 is 18.7 Å². The van der Waals surface area contributed by atoms with Crippen LogP contribution in [0.4, 0.5) is 0 Å². The van der Waals surface area contributed by atoms with Crippen molar-refractivity contribution in [3.8, 4) is 5.75 Å². The average Bonchev–Trinajstić information content (AvgIpc) is 2.91. The second-order valence-electron chi connectivity index (χ2n) is 6.26. The van der Waals surface area contributed by atoms with Crippen molar-refractivity contribution in [1.82, 2.24) is 4.90 Å². The van der Waals surface area contributed by atoms with Crippen LogP contribution in [0.5, 0.6) is 5.75 Å². The normalized spacial score (nSPS) is 12.1. The highest BCUT2D eigenvalue weighted by atomic mass is 35.5. The Morgan fingerprint density at radius 3 is 2.38 bits per heavy atom. The summed E-state index contributed by atoms with van der Waals surface area (Å²) in [4.78, 5) is 25.9. The second kappa shape index (κ2) is 8.31. The molecule has 1 aromatic heterocycles. The predicted molar refractivity (Wildman–Crippen MR) is 96.7 cm³/mol. The van der Waals surface area contributed by atoms with Gasteiger partial charge in [-0.25, -0.2) is 0 Å². The summed E-state index contributed by atoms with van der Waals surface area (Å²) in [5.74, 6) is 0.461. The molecule has 5 nitrogen and oxygen atoms in total. The lowest BCUT2D eigenvalue weighted by Crippen LogP contribution is -2.24. The third kappa shape index (κ3) is 4.36. The van der Waals surface area contributed by atoms with Gasteiger partial charge in [-0.3, -0.25) is 9.59 Å². The highest BCUT2D eigenvalue weighted by Crippen LogP contribution is 2.34. The summed E-state index contributed by atoms with van der Waals surface area (Å²) in [6.45, 7) is 6.36. The van der Waals surface area contributed by atoms with Crippen LogP contribution in [0.3, 0.4) is 0 Å². The van der Waals surface area contributed by atoms with Crippen LogP contribution in [0.25, 0.3) is 11.0 Å². The minimum atomic E-state index is -0.152. The maximum Gasteiger partial charge on any atom is 0.177 e. The number of halogens is 1. The highest BCUT2D eigenvalue weighted by Gasteiger charge is 2.21. The quantitative estimate of drug-likeness (QED) is 0.708. The zero-order valence-corrected chi connectivity index (χ0v) is 15.5. The van der Waals surface area contributed by atoms with E-state index in [1.165, 1.54) is 20.1 Å². The zero-order chi connectivity index (χ0) is 17.1. The lowest BCUT2D eigenvalue weighted by molar-refractivity contribution is 0.101. The van der Waals surface area contributed by atoms with Crippen molar-refractivity contribution >= 4 is 34.9 Å². The summed E-state index contributed by atoms with van der Waals surface area (Å²) < 4.78 is 11.4. The van der Waals surface area contributed by atoms with Gasteiger partial charge in [0.1, 0.15) is 0 Å². The number of fused-ring (bicyclic) bond motifs is 1. The van der Waals surface area contributed by atoms with Gasteiger partial charge in [0.15, 0.2) is 22.9 Å². The SMILES string of the molecule is CC(=O)c1cc(C(C)=O)c2ccoc2c1OCC(C)CN(C)C.Cl. The minimum absolute atomic E-state index is 0. The van der Waals surface area contributed by atoms with Crippen LogP contribution in [0.1, 0.15) is 41.5 Å². The van der Waals surface area contributed by atoms with Gasteiger partial charge in [0.25, 0.3) is 0 Å². The molecule has 1 unspecified atom stereocenters. The standard InChI is InChI=1S/C18H23NO4.ClH/c1-11(9-19(4)5)10-23-18-16(13(3)21)8-15(12(2)20)14-6-7-22-17(14)18;/h6-8,11H,9-10H2,1-5H3;1H. The Balaban J connectivity index is 0.00000288. The molecule has 1 atom stereocenters. The Morgan fingerprint density at radius 1 is 1.21 bits per heavy atom. The van der Waals surface area contributed by atoms with Crippen molar-refractivity contribution in [1.29, 1.82) is 0 Å². The van der Waals surface area contributed by atoms with Crippen LogP contribution in [0.2, 0.25) is 0 Å². The molecule has 0 saturated carbocycles. The summed E-state index contributed by atoms with van der Waals surface area (Å²) in [6.07, 6.45) is 1.51. The minimum Gasteiger partial charge on any atom is -0.489 e. The number of benzene rings is 1.